The van der Waals surface area contributed by atoms with Gasteiger partial charge in [0, 0.05) is 18.0 Å². The van der Waals surface area contributed by atoms with Crippen molar-refractivity contribution >= 4 is 5.69 Å². The lowest BCUT2D eigenvalue weighted by atomic mass is 9.86. The van der Waals surface area contributed by atoms with Crippen LogP contribution in [-0.2, 0) is 5.41 Å². The molecule has 2 N–H and O–H groups in total. The lowest BCUT2D eigenvalue weighted by molar-refractivity contribution is 0.589. The molecular weight excluding hydrogens is 162 g/mol. The summed E-state index contributed by atoms with van der Waals surface area (Å²) in [5, 5.41) is 8.74. The summed E-state index contributed by atoms with van der Waals surface area (Å²) in [6.45, 7) is 6.13. The van der Waals surface area contributed by atoms with E-state index in [1.54, 1.807) is 6.20 Å². The van der Waals surface area contributed by atoms with Crippen LogP contribution in [0.1, 0.15) is 31.9 Å². The number of pyridine rings is 1. The summed E-state index contributed by atoms with van der Waals surface area (Å²) in [5.41, 5.74) is 7.67. The first-order valence-corrected chi connectivity index (χ1v) is 4.11. The molecule has 0 atom stereocenters. The van der Waals surface area contributed by atoms with Crippen LogP contribution in [0, 0.1) is 11.3 Å². The van der Waals surface area contributed by atoms with Crippen LogP contribution in [0.4, 0.5) is 5.69 Å². The van der Waals surface area contributed by atoms with E-state index in [1.165, 1.54) is 6.20 Å². The number of rotatable bonds is 0. The lowest BCUT2D eigenvalue weighted by Gasteiger charge is -2.20. The predicted octanol–water partition coefficient (Wildman–Crippen LogP) is 1.83. The molecule has 0 aromatic carbocycles. The number of nitriles is 1. The zero-order chi connectivity index (χ0) is 10.1. The van der Waals surface area contributed by atoms with E-state index in [-0.39, 0.29) is 5.41 Å². The van der Waals surface area contributed by atoms with Crippen molar-refractivity contribution in [2.45, 2.75) is 26.2 Å². The standard InChI is InChI=1S/C10H13N3/c1-10(2,3)8-6-13-5-7(4-11)9(8)12/h5-6H,1-3H3,(H2,12,13). The quantitative estimate of drug-likeness (QED) is 0.654. The van der Waals surface area contributed by atoms with Crippen LogP contribution < -0.4 is 5.73 Å². The molecule has 0 saturated heterocycles. The molecule has 0 saturated carbocycles. The van der Waals surface area contributed by atoms with E-state index < -0.39 is 0 Å². The molecule has 0 unspecified atom stereocenters. The molecule has 1 aromatic heterocycles. The van der Waals surface area contributed by atoms with Gasteiger partial charge in [0.2, 0.25) is 0 Å². The summed E-state index contributed by atoms with van der Waals surface area (Å²) in [4.78, 5) is 3.98. The molecule has 1 rings (SSSR count). The molecule has 0 aliphatic heterocycles. The molecule has 0 spiro atoms. The number of anilines is 1. The van der Waals surface area contributed by atoms with Gasteiger partial charge in [-0.25, -0.2) is 0 Å². The molecule has 3 nitrogen and oxygen atoms in total. The third kappa shape index (κ3) is 1.78. The maximum absolute atomic E-state index is 8.74. The summed E-state index contributed by atoms with van der Waals surface area (Å²) >= 11 is 0. The highest BCUT2D eigenvalue weighted by Gasteiger charge is 2.18. The fourth-order valence-corrected chi connectivity index (χ4v) is 1.16. The maximum Gasteiger partial charge on any atom is 0.103 e. The lowest BCUT2D eigenvalue weighted by Crippen LogP contribution is -2.15. The van der Waals surface area contributed by atoms with Crippen molar-refractivity contribution < 1.29 is 0 Å². The van der Waals surface area contributed by atoms with Crippen LogP contribution in [-0.4, -0.2) is 4.98 Å². The Labute approximate surface area is 78.2 Å². The number of hydrogen-bond donors (Lipinski definition) is 1. The van der Waals surface area contributed by atoms with Gasteiger partial charge in [0.25, 0.3) is 0 Å². The van der Waals surface area contributed by atoms with Gasteiger partial charge in [-0.3, -0.25) is 4.98 Å². The second kappa shape index (κ2) is 3.06. The molecule has 0 aliphatic rings. The highest BCUT2D eigenvalue weighted by molar-refractivity contribution is 5.59. The van der Waals surface area contributed by atoms with Gasteiger partial charge in [-0.2, -0.15) is 5.26 Å². The second-order valence-corrected chi connectivity index (χ2v) is 4.01. The largest absolute Gasteiger partial charge is 0.397 e. The zero-order valence-corrected chi connectivity index (χ0v) is 8.13. The van der Waals surface area contributed by atoms with E-state index in [4.69, 9.17) is 11.0 Å². The number of nitrogens with zero attached hydrogens (tertiary/aromatic N) is 2. The van der Waals surface area contributed by atoms with Gasteiger partial charge in [0.1, 0.15) is 6.07 Å². The van der Waals surface area contributed by atoms with Gasteiger partial charge >= 0.3 is 0 Å². The van der Waals surface area contributed by atoms with Gasteiger partial charge in [0.05, 0.1) is 11.3 Å². The minimum atomic E-state index is -0.0655. The summed E-state index contributed by atoms with van der Waals surface area (Å²) in [6.07, 6.45) is 3.21. The molecule has 1 heterocycles. The first-order chi connectivity index (χ1) is 5.96. The molecule has 0 bridgehead atoms. The molecule has 0 amide bonds. The van der Waals surface area contributed by atoms with E-state index in [0.717, 1.165) is 5.56 Å². The fourth-order valence-electron chi connectivity index (χ4n) is 1.16. The Kier molecular flexibility index (Phi) is 2.24. The first kappa shape index (κ1) is 9.53. The highest BCUT2D eigenvalue weighted by Crippen LogP contribution is 2.28. The van der Waals surface area contributed by atoms with Crippen molar-refractivity contribution in [3.8, 4) is 6.07 Å². The Bertz CT molecular complexity index is 355. The molecule has 0 aliphatic carbocycles. The Hall–Kier alpha value is -1.56. The monoisotopic (exact) mass is 175 g/mol. The van der Waals surface area contributed by atoms with E-state index in [1.807, 2.05) is 26.8 Å². The number of hydrogen-bond acceptors (Lipinski definition) is 3. The summed E-state index contributed by atoms with van der Waals surface area (Å²) < 4.78 is 0. The van der Waals surface area contributed by atoms with Gasteiger partial charge in [0.15, 0.2) is 0 Å². The molecular formula is C10H13N3. The number of aromatic nitrogens is 1. The Morgan fingerprint density at radius 3 is 2.46 bits per heavy atom. The van der Waals surface area contributed by atoms with Crippen LogP contribution in [0.25, 0.3) is 0 Å². The second-order valence-electron chi connectivity index (χ2n) is 4.01. The summed E-state index contributed by atoms with van der Waals surface area (Å²) in [5.74, 6) is 0. The Morgan fingerprint density at radius 1 is 1.38 bits per heavy atom. The van der Waals surface area contributed by atoms with E-state index >= 15 is 0 Å². The number of nitrogen functional groups attached to an aromatic ring is 1. The van der Waals surface area contributed by atoms with E-state index in [9.17, 15) is 0 Å². The summed E-state index contributed by atoms with van der Waals surface area (Å²) in [7, 11) is 0. The van der Waals surface area contributed by atoms with Crippen LogP contribution in [0.3, 0.4) is 0 Å². The van der Waals surface area contributed by atoms with Gasteiger partial charge in [-0.1, -0.05) is 20.8 Å². The SMILES string of the molecule is CC(C)(C)c1cncc(C#N)c1N. The average Bonchev–Trinajstić information content (AvgIpc) is 2.02. The van der Waals surface area contributed by atoms with E-state index in [0.29, 0.717) is 11.3 Å². The van der Waals surface area contributed by atoms with Gasteiger partial charge < -0.3 is 5.73 Å². The van der Waals surface area contributed by atoms with Crippen molar-refractivity contribution in [1.82, 2.24) is 4.98 Å². The number of nitrogens with two attached hydrogens (primary N) is 1. The van der Waals surface area contributed by atoms with Crippen molar-refractivity contribution in [3.05, 3.63) is 23.5 Å². The molecule has 68 valence electrons. The molecule has 3 heteroatoms. The van der Waals surface area contributed by atoms with Crippen molar-refractivity contribution in [3.63, 3.8) is 0 Å². The van der Waals surface area contributed by atoms with E-state index in [2.05, 4.69) is 4.98 Å². The van der Waals surface area contributed by atoms with Crippen molar-refractivity contribution in [1.29, 1.82) is 5.26 Å². The predicted molar refractivity (Wildman–Crippen MR) is 52.1 cm³/mol. The van der Waals surface area contributed by atoms with Crippen LogP contribution in [0.2, 0.25) is 0 Å². The Balaban J connectivity index is 3.34. The third-order valence-corrected chi connectivity index (χ3v) is 1.92. The van der Waals surface area contributed by atoms with Gasteiger partial charge in [-0.15, -0.1) is 0 Å². The maximum atomic E-state index is 8.74. The van der Waals surface area contributed by atoms with Crippen LogP contribution >= 0.6 is 0 Å². The first-order valence-electron chi connectivity index (χ1n) is 4.11. The Morgan fingerprint density at radius 2 is 2.00 bits per heavy atom. The third-order valence-electron chi connectivity index (χ3n) is 1.92. The van der Waals surface area contributed by atoms with Crippen molar-refractivity contribution in [2.24, 2.45) is 0 Å². The molecule has 13 heavy (non-hydrogen) atoms. The van der Waals surface area contributed by atoms with Crippen molar-refractivity contribution in [2.75, 3.05) is 5.73 Å². The van der Waals surface area contributed by atoms with Crippen LogP contribution in [0.15, 0.2) is 12.4 Å². The highest BCUT2D eigenvalue weighted by atomic mass is 14.7. The average molecular weight is 175 g/mol. The fraction of sp³-hybridized carbons (Fsp3) is 0.400. The zero-order valence-electron chi connectivity index (χ0n) is 8.13. The molecule has 0 radical (unpaired) electrons. The summed E-state index contributed by atoms with van der Waals surface area (Å²) in [6, 6.07) is 2.02. The smallest absolute Gasteiger partial charge is 0.103 e. The van der Waals surface area contributed by atoms with Gasteiger partial charge in [-0.05, 0) is 5.41 Å². The topological polar surface area (TPSA) is 62.7 Å². The molecule has 0 fully saturated rings. The molecule has 1 aromatic rings. The van der Waals surface area contributed by atoms with Crippen LogP contribution in [0.5, 0.6) is 0 Å². The minimum absolute atomic E-state index is 0.0655. The normalized spacial score (nSPS) is 10.9. The minimum Gasteiger partial charge on any atom is -0.397 e.